The van der Waals surface area contributed by atoms with Gasteiger partial charge in [-0.2, -0.15) is 5.10 Å². The maximum atomic E-state index is 11.5. The Hall–Kier alpha value is -2.89. The number of rotatable bonds is 5. The summed E-state index contributed by atoms with van der Waals surface area (Å²) in [4.78, 5) is 16.3. The van der Waals surface area contributed by atoms with E-state index in [0.29, 0.717) is 5.56 Å². The lowest BCUT2D eigenvalue weighted by Crippen LogP contribution is -2.14. The van der Waals surface area contributed by atoms with Gasteiger partial charge in [0.2, 0.25) is 0 Å². The van der Waals surface area contributed by atoms with E-state index in [1.54, 1.807) is 29.1 Å². The molecular weight excluding hydrogens is 268 g/mol. The van der Waals surface area contributed by atoms with Crippen LogP contribution in [0.4, 0.5) is 0 Å². The summed E-state index contributed by atoms with van der Waals surface area (Å²) >= 11 is 0. The van der Waals surface area contributed by atoms with Gasteiger partial charge in [-0.05, 0) is 13.0 Å². The number of carbonyl (C=O) groups is 1. The molecule has 0 radical (unpaired) electrons. The zero-order valence-corrected chi connectivity index (χ0v) is 11.6. The lowest BCUT2D eigenvalue weighted by Gasteiger charge is -1.98. The highest BCUT2D eigenvalue weighted by Gasteiger charge is 2.01. The van der Waals surface area contributed by atoms with Crippen LogP contribution < -0.4 is 5.73 Å². The number of hydrogen-bond acceptors (Lipinski definition) is 4. The second-order valence-electron chi connectivity index (χ2n) is 4.22. The molecule has 0 amide bonds. The zero-order valence-electron chi connectivity index (χ0n) is 11.6. The van der Waals surface area contributed by atoms with Crippen molar-refractivity contribution in [1.29, 1.82) is 0 Å². The molecule has 6 heteroatoms. The Morgan fingerprint density at radius 3 is 2.86 bits per heavy atom. The highest BCUT2D eigenvalue weighted by molar-refractivity contribution is 5.97. The number of nitrogens with zero attached hydrogens (tertiary/aromatic N) is 3. The van der Waals surface area contributed by atoms with Crippen molar-refractivity contribution in [2.75, 3.05) is 0 Å². The Morgan fingerprint density at radius 1 is 1.43 bits per heavy atom. The molecule has 0 spiro atoms. The van der Waals surface area contributed by atoms with Gasteiger partial charge in [0, 0.05) is 29.9 Å². The van der Waals surface area contributed by atoms with Crippen LogP contribution in [0.1, 0.15) is 18.1 Å². The van der Waals surface area contributed by atoms with E-state index in [2.05, 4.69) is 10.3 Å². The summed E-state index contributed by atoms with van der Waals surface area (Å²) in [6, 6.07) is 9.07. The van der Waals surface area contributed by atoms with E-state index in [9.17, 15) is 4.79 Å². The van der Waals surface area contributed by atoms with Crippen molar-refractivity contribution < 1.29 is 9.63 Å². The summed E-state index contributed by atoms with van der Waals surface area (Å²) in [5.41, 5.74) is 7.21. The van der Waals surface area contributed by atoms with Crippen LogP contribution in [0.15, 0.2) is 54.0 Å². The Kier molecular flexibility index (Phi) is 4.87. The second-order valence-corrected chi connectivity index (χ2v) is 4.22. The van der Waals surface area contributed by atoms with Crippen LogP contribution in [-0.4, -0.2) is 21.6 Å². The van der Waals surface area contributed by atoms with Crippen molar-refractivity contribution in [2.24, 2.45) is 10.9 Å². The van der Waals surface area contributed by atoms with Gasteiger partial charge in [0.25, 0.3) is 0 Å². The van der Waals surface area contributed by atoms with E-state index in [1.807, 2.05) is 31.3 Å². The smallest absolute Gasteiger partial charge is 0.358 e. The van der Waals surface area contributed by atoms with Crippen molar-refractivity contribution in [3.63, 3.8) is 0 Å². The molecule has 0 aliphatic carbocycles. The molecule has 0 atom stereocenters. The molecule has 2 aromatic rings. The first-order chi connectivity index (χ1) is 10.2. The molecule has 21 heavy (non-hydrogen) atoms. The van der Waals surface area contributed by atoms with Crippen LogP contribution in [0.3, 0.4) is 0 Å². The maximum absolute atomic E-state index is 11.5. The Morgan fingerprint density at radius 2 is 2.19 bits per heavy atom. The molecule has 1 aromatic heterocycles. The minimum absolute atomic E-state index is 0.149. The van der Waals surface area contributed by atoms with Gasteiger partial charge >= 0.3 is 5.97 Å². The van der Waals surface area contributed by atoms with Gasteiger partial charge in [-0.3, -0.25) is 4.68 Å². The van der Waals surface area contributed by atoms with Gasteiger partial charge < -0.3 is 10.6 Å². The van der Waals surface area contributed by atoms with Crippen LogP contribution in [-0.2, 0) is 16.2 Å². The second kappa shape index (κ2) is 7.04. The third-order valence-electron chi connectivity index (χ3n) is 2.69. The van der Waals surface area contributed by atoms with Gasteiger partial charge in [0.1, 0.15) is 0 Å². The van der Waals surface area contributed by atoms with Gasteiger partial charge in [0.05, 0.1) is 6.20 Å². The first-order valence-electron chi connectivity index (χ1n) is 6.49. The van der Waals surface area contributed by atoms with Gasteiger partial charge in [0.15, 0.2) is 5.84 Å². The molecule has 1 aromatic carbocycles. The molecule has 0 saturated heterocycles. The fourth-order valence-electron chi connectivity index (χ4n) is 1.59. The standard InChI is InChI=1S/C15H16N4O2/c1-2-19-11-12(10-17-19)8-9-14(20)21-18-15(16)13-6-4-3-5-7-13/h3-11H,2H2,1H3,(H2,16,18)/b9-8+. The lowest BCUT2D eigenvalue weighted by molar-refractivity contribution is -0.137. The monoisotopic (exact) mass is 284 g/mol. The fourth-order valence-corrected chi connectivity index (χ4v) is 1.59. The summed E-state index contributed by atoms with van der Waals surface area (Å²) < 4.78 is 1.76. The van der Waals surface area contributed by atoms with Gasteiger partial charge in [-0.1, -0.05) is 35.5 Å². The predicted molar refractivity (Wildman–Crippen MR) is 80.2 cm³/mol. The number of amidine groups is 1. The minimum Gasteiger partial charge on any atom is -0.380 e. The maximum Gasteiger partial charge on any atom is 0.358 e. The van der Waals surface area contributed by atoms with E-state index in [4.69, 9.17) is 10.6 Å². The fraction of sp³-hybridized carbons (Fsp3) is 0.133. The molecule has 2 rings (SSSR count). The number of hydrogen-bond donors (Lipinski definition) is 1. The molecule has 0 fully saturated rings. The Labute approximate surface area is 122 Å². The number of aromatic nitrogens is 2. The van der Waals surface area contributed by atoms with E-state index >= 15 is 0 Å². The zero-order chi connectivity index (χ0) is 15.1. The Bertz CT molecular complexity index is 659. The SMILES string of the molecule is CCn1cc(/C=C/C(=O)O/N=C(\N)c2ccccc2)cn1. The summed E-state index contributed by atoms with van der Waals surface area (Å²) in [7, 11) is 0. The van der Waals surface area contributed by atoms with Crippen LogP contribution in [0.2, 0.25) is 0 Å². The minimum atomic E-state index is -0.599. The summed E-state index contributed by atoms with van der Waals surface area (Å²) in [6.07, 6.45) is 6.37. The molecule has 0 saturated carbocycles. The first kappa shape index (κ1) is 14.5. The quantitative estimate of drug-likeness (QED) is 0.298. The van der Waals surface area contributed by atoms with Crippen LogP contribution in [0.5, 0.6) is 0 Å². The molecule has 6 nitrogen and oxygen atoms in total. The average molecular weight is 284 g/mol. The van der Waals surface area contributed by atoms with E-state index < -0.39 is 5.97 Å². The molecule has 0 bridgehead atoms. The largest absolute Gasteiger partial charge is 0.380 e. The van der Waals surface area contributed by atoms with Crippen molar-refractivity contribution in [3.8, 4) is 0 Å². The lowest BCUT2D eigenvalue weighted by atomic mass is 10.2. The van der Waals surface area contributed by atoms with Crippen molar-refractivity contribution in [3.05, 3.63) is 59.9 Å². The third kappa shape index (κ3) is 4.31. The number of carbonyl (C=O) groups excluding carboxylic acids is 1. The van der Waals surface area contributed by atoms with Gasteiger partial charge in [-0.15, -0.1) is 0 Å². The van der Waals surface area contributed by atoms with E-state index in [1.165, 1.54) is 6.08 Å². The molecular formula is C15H16N4O2. The Balaban J connectivity index is 1.92. The summed E-state index contributed by atoms with van der Waals surface area (Å²) in [5.74, 6) is -0.450. The molecule has 2 N–H and O–H groups in total. The van der Waals surface area contributed by atoms with E-state index in [-0.39, 0.29) is 5.84 Å². The number of nitrogens with two attached hydrogens (primary N) is 1. The van der Waals surface area contributed by atoms with Crippen LogP contribution in [0, 0.1) is 0 Å². The van der Waals surface area contributed by atoms with Crippen LogP contribution in [0.25, 0.3) is 6.08 Å². The predicted octanol–water partition coefficient (Wildman–Crippen LogP) is 1.78. The average Bonchev–Trinajstić information content (AvgIpc) is 2.99. The molecule has 108 valence electrons. The van der Waals surface area contributed by atoms with Crippen molar-refractivity contribution in [1.82, 2.24) is 9.78 Å². The van der Waals surface area contributed by atoms with Crippen molar-refractivity contribution in [2.45, 2.75) is 13.5 Å². The highest BCUT2D eigenvalue weighted by Crippen LogP contribution is 2.02. The summed E-state index contributed by atoms with van der Waals surface area (Å²) in [6.45, 7) is 2.76. The molecule has 0 unspecified atom stereocenters. The third-order valence-corrected chi connectivity index (χ3v) is 2.69. The van der Waals surface area contributed by atoms with Crippen LogP contribution >= 0.6 is 0 Å². The normalized spacial score (nSPS) is 11.8. The first-order valence-corrected chi connectivity index (χ1v) is 6.49. The molecule has 1 heterocycles. The topological polar surface area (TPSA) is 82.5 Å². The molecule has 0 aliphatic heterocycles. The number of aryl methyl sites for hydroxylation is 1. The number of benzene rings is 1. The number of oxime groups is 1. The molecule has 0 aliphatic rings. The van der Waals surface area contributed by atoms with Gasteiger partial charge in [-0.25, -0.2) is 4.79 Å². The summed E-state index contributed by atoms with van der Waals surface area (Å²) in [5, 5.41) is 7.69. The van der Waals surface area contributed by atoms with E-state index in [0.717, 1.165) is 12.1 Å². The highest BCUT2D eigenvalue weighted by atomic mass is 16.7. The van der Waals surface area contributed by atoms with Crippen molar-refractivity contribution >= 4 is 17.9 Å².